The number of rotatable bonds is 14. The smallest absolute Gasteiger partial charge is 0.466 e. The monoisotopic (exact) mass is 577 g/mol. The molecule has 3 aliphatic carbocycles. The molecule has 41 heavy (non-hydrogen) atoms. The van der Waals surface area contributed by atoms with Crippen molar-refractivity contribution in [2.45, 2.75) is 137 Å². The molecule has 10 heteroatoms. The van der Waals surface area contributed by atoms with Crippen LogP contribution in [0.4, 0.5) is 0 Å². The Morgan fingerprint density at radius 3 is 2.29 bits per heavy atom. The van der Waals surface area contributed by atoms with Crippen molar-refractivity contribution >= 4 is 30.7 Å². The number of nitrogens with one attached hydrogen (secondary N) is 1. The van der Waals surface area contributed by atoms with Gasteiger partial charge in [-0.15, -0.1) is 0 Å². The zero-order chi connectivity index (χ0) is 30.8. The summed E-state index contributed by atoms with van der Waals surface area (Å²) in [6.07, 6.45) is 2.87. The van der Waals surface area contributed by atoms with E-state index in [1.54, 1.807) is 27.7 Å². The number of carbonyl (C=O) groups excluding carboxylic acids is 4. The highest BCUT2D eigenvalue weighted by atomic mass is 16.7. The average Bonchev–Trinajstić information content (AvgIpc) is 3.20. The lowest BCUT2D eigenvalue weighted by atomic mass is 9.43. The van der Waals surface area contributed by atoms with Crippen LogP contribution in [-0.4, -0.2) is 60.6 Å². The Morgan fingerprint density at radius 2 is 1.71 bits per heavy atom. The SMILES string of the molecule is CCOC(=O)CCC(=O)CC[C@H](CC(=O)OC(C)(C)C)C(=O)N[C@@H](CC(C)C)B1O[C@@H]2C[C@H]3C[C@H](C3(C)C)[C@]2(C)O1. The summed E-state index contributed by atoms with van der Waals surface area (Å²) in [5.74, 6) is -1.27. The molecule has 4 aliphatic rings. The van der Waals surface area contributed by atoms with Crippen LogP contribution in [-0.2, 0) is 38.0 Å². The first-order valence-electron chi connectivity index (χ1n) is 15.5. The fraction of sp³-hybridized carbons (Fsp3) is 0.871. The minimum absolute atomic E-state index is 0.00101. The van der Waals surface area contributed by atoms with E-state index < -0.39 is 42.1 Å². The molecule has 0 aromatic carbocycles. The molecule has 0 aromatic heterocycles. The number of ether oxygens (including phenoxy) is 2. The molecular weight excluding hydrogens is 525 g/mol. The number of amides is 1. The van der Waals surface area contributed by atoms with Crippen LogP contribution in [0.25, 0.3) is 0 Å². The molecular formula is C31H52BNO8. The summed E-state index contributed by atoms with van der Waals surface area (Å²) < 4.78 is 23.6. The highest BCUT2D eigenvalue weighted by molar-refractivity contribution is 6.47. The Kier molecular flexibility index (Phi) is 10.8. The van der Waals surface area contributed by atoms with E-state index in [2.05, 4.69) is 39.9 Å². The number of carbonyl (C=O) groups is 4. The van der Waals surface area contributed by atoms with Gasteiger partial charge in [0.15, 0.2) is 0 Å². The Morgan fingerprint density at radius 1 is 1.02 bits per heavy atom. The molecule has 1 N–H and O–H groups in total. The zero-order valence-electron chi connectivity index (χ0n) is 26.7. The number of esters is 2. The van der Waals surface area contributed by atoms with Gasteiger partial charge in [-0.3, -0.25) is 19.2 Å². The van der Waals surface area contributed by atoms with Crippen LogP contribution < -0.4 is 5.32 Å². The van der Waals surface area contributed by atoms with E-state index in [-0.39, 0.29) is 67.8 Å². The van der Waals surface area contributed by atoms with Crippen molar-refractivity contribution in [2.75, 3.05) is 6.61 Å². The van der Waals surface area contributed by atoms with Gasteiger partial charge in [0, 0.05) is 18.8 Å². The van der Waals surface area contributed by atoms with E-state index in [0.717, 1.165) is 12.8 Å². The van der Waals surface area contributed by atoms with Crippen LogP contribution in [0, 0.1) is 29.1 Å². The molecule has 4 fully saturated rings. The Labute approximate surface area is 246 Å². The third-order valence-electron chi connectivity index (χ3n) is 9.24. The molecule has 1 heterocycles. The minimum Gasteiger partial charge on any atom is -0.466 e. The highest BCUT2D eigenvalue weighted by Gasteiger charge is 2.68. The van der Waals surface area contributed by atoms with Crippen LogP contribution >= 0.6 is 0 Å². The standard InChI is InChI=1S/C31H52BNO8/c1-10-38-26(35)14-13-22(34)12-11-20(16-27(36)39-29(4,5)6)28(37)33-25(15-19(2)3)32-40-24-18-21-17-23(30(21,7)8)31(24,9)41-32/h19-21,23-25H,10-18H2,1-9H3,(H,33,37)/t20-,21-,23-,24-,25+,31+/m1/s1. The van der Waals surface area contributed by atoms with Crippen LogP contribution in [0.15, 0.2) is 0 Å². The molecule has 0 aromatic rings. The molecule has 1 saturated heterocycles. The van der Waals surface area contributed by atoms with Crippen molar-refractivity contribution < 1.29 is 38.0 Å². The van der Waals surface area contributed by atoms with Gasteiger partial charge < -0.3 is 24.1 Å². The zero-order valence-corrected chi connectivity index (χ0v) is 26.7. The maximum Gasteiger partial charge on any atom is 0.481 e. The average molecular weight is 578 g/mol. The molecule has 4 rings (SSSR count). The maximum atomic E-state index is 13.7. The van der Waals surface area contributed by atoms with Crippen molar-refractivity contribution in [1.29, 1.82) is 0 Å². The Hall–Kier alpha value is -1.94. The van der Waals surface area contributed by atoms with Crippen molar-refractivity contribution in [2.24, 2.45) is 29.1 Å². The topological polar surface area (TPSA) is 117 Å². The molecule has 0 unspecified atom stereocenters. The van der Waals surface area contributed by atoms with Gasteiger partial charge in [0.05, 0.1) is 37.1 Å². The lowest BCUT2D eigenvalue weighted by Gasteiger charge is -2.64. The summed E-state index contributed by atoms with van der Waals surface area (Å²) in [5, 5.41) is 3.14. The van der Waals surface area contributed by atoms with Gasteiger partial charge in [-0.1, -0.05) is 27.7 Å². The van der Waals surface area contributed by atoms with E-state index in [0.29, 0.717) is 18.3 Å². The summed E-state index contributed by atoms with van der Waals surface area (Å²) in [7, 11) is -0.583. The van der Waals surface area contributed by atoms with E-state index in [4.69, 9.17) is 18.8 Å². The normalized spacial score (nSPS) is 27.9. The van der Waals surface area contributed by atoms with Gasteiger partial charge in [-0.05, 0) is 83.5 Å². The summed E-state index contributed by atoms with van der Waals surface area (Å²) in [6.45, 7) is 18.3. The van der Waals surface area contributed by atoms with E-state index in [1.165, 1.54) is 0 Å². The van der Waals surface area contributed by atoms with Gasteiger partial charge in [0.2, 0.25) is 5.91 Å². The van der Waals surface area contributed by atoms with Crippen molar-refractivity contribution in [3.05, 3.63) is 0 Å². The lowest BCUT2D eigenvalue weighted by molar-refractivity contribution is -0.199. The Bertz CT molecular complexity index is 976. The summed E-state index contributed by atoms with van der Waals surface area (Å²) >= 11 is 0. The summed E-state index contributed by atoms with van der Waals surface area (Å²) in [5.41, 5.74) is -0.887. The lowest BCUT2D eigenvalue weighted by Crippen LogP contribution is -2.65. The van der Waals surface area contributed by atoms with Gasteiger partial charge in [-0.25, -0.2) is 0 Å². The summed E-state index contributed by atoms with van der Waals surface area (Å²) in [6, 6.07) is 0. The molecule has 1 amide bonds. The van der Waals surface area contributed by atoms with Crippen LogP contribution in [0.1, 0.15) is 114 Å². The Balaban J connectivity index is 1.70. The molecule has 1 aliphatic heterocycles. The molecule has 9 nitrogen and oxygen atoms in total. The molecule has 0 radical (unpaired) electrons. The second-order valence-electron chi connectivity index (χ2n) is 14.5. The first kappa shape index (κ1) is 33.6. The van der Waals surface area contributed by atoms with Gasteiger partial charge in [0.25, 0.3) is 0 Å². The number of hydrogen-bond acceptors (Lipinski definition) is 8. The third kappa shape index (κ3) is 8.34. The second-order valence-corrected chi connectivity index (χ2v) is 14.5. The fourth-order valence-corrected chi connectivity index (χ4v) is 6.96. The van der Waals surface area contributed by atoms with Gasteiger partial charge in [0.1, 0.15) is 11.4 Å². The third-order valence-corrected chi connectivity index (χ3v) is 9.24. The number of Topliss-reactive ketones (excluding diaryl/α,β-unsaturated/α-hetero) is 1. The predicted molar refractivity (Wildman–Crippen MR) is 156 cm³/mol. The van der Waals surface area contributed by atoms with E-state index in [1.807, 2.05) is 0 Å². The number of ketones is 1. The first-order valence-corrected chi connectivity index (χ1v) is 15.5. The quantitative estimate of drug-likeness (QED) is 0.231. The molecule has 2 bridgehead atoms. The fourth-order valence-electron chi connectivity index (χ4n) is 6.96. The maximum absolute atomic E-state index is 13.7. The molecule has 6 atom stereocenters. The second kappa shape index (κ2) is 13.1. The van der Waals surface area contributed by atoms with Crippen LogP contribution in [0.3, 0.4) is 0 Å². The van der Waals surface area contributed by atoms with Gasteiger partial charge >= 0.3 is 19.1 Å². The molecule has 3 saturated carbocycles. The van der Waals surface area contributed by atoms with E-state index in [9.17, 15) is 19.2 Å². The first-order chi connectivity index (χ1) is 19.0. The van der Waals surface area contributed by atoms with Crippen molar-refractivity contribution in [3.8, 4) is 0 Å². The van der Waals surface area contributed by atoms with E-state index >= 15 is 0 Å². The molecule has 0 spiro atoms. The molecule has 232 valence electrons. The minimum atomic E-state index is -0.767. The van der Waals surface area contributed by atoms with Crippen molar-refractivity contribution in [3.63, 3.8) is 0 Å². The largest absolute Gasteiger partial charge is 0.481 e. The number of hydrogen-bond donors (Lipinski definition) is 1. The van der Waals surface area contributed by atoms with Crippen molar-refractivity contribution in [1.82, 2.24) is 5.32 Å². The van der Waals surface area contributed by atoms with Crippen LogP contribution in [0.5, 0.6) is 0 Å². The van der Waals surface area contributed by atoms with Gasteiger partial charge in [-0.2, -0.15) is 0 Å². The van der Waals surface area contributed by atoms with Crippen LogP contribution in [0.2, 0.25) is 0 Å². The highest BCUT2D eigenvalue weighted by Crippen LogP contribution is 2.65. The predicted octanol–water partition coefficient (Wildman–Crippen LogP) is 4.83. The summed E-state index contributed by atoms with van der Waals surface area (Å²) in [4.78, 5) is 50.7.